The van der Waals surface area contributed by atoms with E-state index in [4.69, 9.17) is 23.7 Å². The predicted octanol–water partition coefficient (Wildman–Crippen LogP) is 12.3. The first-order valence-electron chi connectivity index (χ1n) is 26.3. The molecule has 0 aromatic rings. The number of allylic oxidation sites excluding steroid dienone is 4. The first-order valence-corrected chi connectivity index (χ1v) is 26.3. The van der Waals surface area contributed by atoms with Gasteiger partial charge >= 0.3 is 23.9 Å². The number of unbranched alkanes of at least 4 members (excludes halogenated alkanes) is 26. The van der Waals surface area contributed by atoms with Crippen LogP contribution in [0.1, 0.15) is 239 Å². The van der Waals surface area contributed by atoms with Crippen LogP contribution in [0, 0.1) is 0 Å². The number of ether oxygens (including phenoxy) is 5. The molecule has 0 amide bonds. The molecular formula is C53H94O12. The van der Waals surface area contributed by atoms with Crippen LogP contribution >= 0.6 is 0 Å². The van der Waals surface area contributed by atoms with Crippen molar-refractivity contribution in [1.29, 1.82) is 0 Å². The lowest BCUT2D eigenvalue weighted by Crippen LogP contribution is -2.61. The molecule has 0 saturated carbocycles. The normalized spacial score (nSPS) is 19.2. The number of hydrogen-bond acceptors (Lipinski definition) is 11. The summed E-state index contributed by atoms with van der Waals surface area (Å²) in [6.07, 6.45) is 33.2. The highest BCUT2D eigenvalue weighted by molar-refractivity contribution is 5.74. The zero-order valence-electron chi connectivity index (χ0n) is 41.2. The summed E-state index contributed by atoms with van der Waals surface area (Å²) in [5.74, 6) is -3.13. The molecule has 6 atom stereocenters. The molecule has 1 fully saturated rings. The van der Waals surface area contributed by atoms with Crippen LogP contribution in [0.15, 0.2) is 24.3 Å². The van der Waals surface area contributed by atoms with E-state index in [-0.39, 0.29) is 25.9 Å². The lowest BCUT2D eigenvalue weighted by molar-refractivity contribution is -0.301. The second-order valence-electron chi connectivity index (χ2n) is 18.2. The van der Waals surface area contributed by atoms with Gasteiger partial charge in [0.15, 0.2) is 24.6 Å². The number of carboxylic acid groups (broad SMARTS) is 1. The van der Waals surface area contributed by atoms with Crippen LogP contribution in [0.25, 0.3) is 0 Å². The fourth-order valence-electron chi connectivity index (χ4n) is 7.87. The van der Waals surface area contributed by atoms with Gasteiger partial charge in [-0.2, -0.15) is 0 Å². The summed E-state index contributed by atoms with van der Waals surface area (Å²) in [4.78, 5) is 50.7. The number of esters is 3. The highest BCUT2D eigenvalue weighted by atomic mass is 16.7. The molecule has 3 N–H and O–H groups in total. The molecule has 65 heavy (non-hydrogen) atoms. The number of carbonyl (C=O) groups excluding carboxylic acids is 3. The molecule has 1 aliphatic heterocycles. The molecule has 0 aliphatic carbocycles. The molecular weight excluding hydrogens is 829 g/mol. The van der Waals surface area contributed by atoms with Crippen LogP contribution in [0.4, 0.5) is 0 Å². The van der Waals surface area contributed by atoms with Crippen LogP contribution in [-0.2, 0) is 42.9 Å². The highest BCUT2D eigenvalue weighted by Gasteiger charge is 2.50. The summed E-state index contributed by atoms with van der Waals surface area (Å²) in [5.41, 5.74) is 0. The molecule has 0 spiro atoms. The van der Waals surface area contributed by atoms with E-state index in [1.165, 1.54) is 83.5 Å². The van der Waals surface area contributed by atoms with E-state index < -0.39 is 67.3 Å². The number of carbonyl (C=O) groups is 4. The largest absolute Gasteiger partial charge is 0.479 e. The first kappa shape index (κ1) is 60.2. The molecule has 1 aliphatic rings. The topological polar surface area (TPSA) is 175 Å². The van der Waals surface area contributed by atoms with Gasteiger partial charge in [-0.1, -0.05) is 180 Å². The third-order valence-corrected chi connectivity index (χ3v) is 12.0. The zero-order valence-corrected chi connectivity index (χ0v) is 41.2. The summed E-state index contributed by atoms with van der Waals surface area (Å²) in [6, 6.07) is 0. The Bertz CT molecular complexity index is 1240. The number of carboxylic acids is 1. The van der Waals surface area contributed by atoms with Crippen LogP contribution < -0.4 is 0 Å². The first-order chi connectivity index (χ1) is 31.6. The van der Waals surface area contributed by atoms with Gasteiger partial charge in [0, 0.05) is 19.3 Å². The van der Waals surface area contributed by atoms with Gasteiger partial charge in [-0.15, -0.1) is 0 Å². The Balaban J connectivity index is 2.71. The van der Waals surface area contributed by atoms with E-state index in [9.17, 15) is 34.5 Å². The fourth-order valence-corrected chi connectivity index (χ4v) is 7.87. The van der Waals surface area contributed by atoms with E-state index in [0.29, 0.717) is 19.3 Å². The van der Waals surface area contributed by atoms with Crippen molar-refractivity contribution in [2.45, 2.75) is 276 Å². The minimum absolute atomic E-state index is 0.0526. The zero-order chi connectivity index (χ0) is 47.6. The van der Waals surface area contributed by atoms with Crippen molar-refractivity contribution in [3.8, 4) is 0 Å². The molecule has 378 valence electrons. The summed E-state index contributed by atoms with van der Waals surface area (Å²) in [7, 11) is 0. The Kier molecular flexibility index (Phi) is 39.4. The van der Waals surface area contributed by atoms with Crippen LogP contribution in [0.2, 0.25) is 0 Å². The Morgan fingerprint density at radius 1 is 0.492 bits per heavy atom. The summed E-state index contributed by atoms with van der Waals surface area (Å²) >= 11 is 0. The van der Waals surface area contributed by atoms with Crippen molar-refractivity contribution < 1.29 is 58.2 Å². The SMILES string of the molecule is CCCC/C=C\CCCCCCCC(=O)OC1C(OCC(COC(=O)CCCCCCC/C=C\CCCCCCCC)OC(=O)CCCCCCCCCCC)OC(C(=O)O)C(O)C1O. The second-order valence-corrected chi connectivity index (χ2v) is 18.2. The Morgan fingerprint density at radius 2 is 0.892 bits per heavy atom. The summed E-state index contributed by atoms with van der Waals surface area (Å²) < 4.78 is 28.2. The van der Waals surface area contributed by atoms with E-state index in [0.717, 1.165) is 96.3 Å². The predicted molar refractivity (Wildman–Crippen MR) is 257 cm³/mol. The molecule has 0 bridgehead atoms. The molecule has 1 saturated heterocycles. The minimum Gasteiger partial charge on any atom is -0.479 e. The molecule has 12 heteroatoms. The van der Waals surface area contributed by atoms with Gasteiger partial charge in [-0.3, -0.25) is 14.4 Å². The molecule has 0 aromatic carbocycles. The molecule has 0 aromatic heterocycles. The van der Waals surface area contributed by atoms with E-state index >= 15 is 0 Å². The molecule has 6 unspecified atom stereocenters. The third kappa shape index (κ3) is 33.3. The summed E-state index contributed by atoms with van der Waals surface area (Å²) in [5, 5.41) is 31.3. The molecule has 1 rings (SSSR count). The van der Waals surface area contributed by atoms with Gasteiger partial charge in [0.1, 0.15) is 18.8 Å². The third-order valence-electron chi connectivity index (χ3n) is 12.0. The number of aliphatic carboxylic acids is 1. The Hall–Kier alpha value is -2.80. The number of rotatable bonds is 44. The molecule has 1 heterocycles. The Morgan fingerprint density at radius 3 is 1.35 bits per heavy atom. The lowest BCUT2D eigenvalue weighted by Gasteiger charge is -2.40. The van der Waals surface area contributed by atoms with Gasteiger partial charge < -0.3 is 39.0 Å². The van der Waals surface area contributed by atoms with Crippen molar-refractivity contribution in [2.24, 2.45) is 0 Å². The Labute approximate surface area is 394 Å². The average Bonchev–Trinajstić information content (AvgIpc) is 3.29. The van der Waals surface area contributed by atoms with Crippen molar-refractivity contribution in [2.75, 3.05) is 13.2 Å². The van der Waals surface area contributed by atoms with Crippen molar-refractivity contribution >= 4 is 23.9 Å². The monoisotopic (exact) mass is 923 g/mol. The fraction of sp³-hybridized carbons (Fsp3) is 0.849. The van der Waals surface area contributed by atoms with E-state index in [1.54, 1.807) is 0 Å². The van der Waals surface area contributed by atoms with E-state index in [1.807, 2.05) is 0 Å². The van der Waals surface area contributed by atoms with Gasteiger partial charge in [0.25, 0.3) is 0 Å². The second kappa shape index (κ2) is 42.5. The minimum atomic E-state index is -1.90. The van der Waals surface area contributed by atoms with Crippen molar-refractivity contribution in [3.05, 3.63) is 24.3 Å². The van der Waals surface area contributed by atoms with Crippen LogP contribution in [0.5, 0.6) is 0 Å². The quantitative estimate of drug-likeness (QED) is 0.0229. The summed E-state index contributed by atoms with van der Waals surface area (Å²) in [6.45, 7) is 5.89. The van der Waals surface area contributed by atoms with Gasteiger partial charge in [0.05, 0.1) is 6.61 Å². The molecule has 12 nitrogen and oxygen atoms in total. The number of aliphatic hydroxyl groups is 2. The maximum absolute atomic E-state index is 13.0. The van der Waals surface area contributed by atoms with E-state index in [2.05, 4.69) is 45.1 Å². The standard InChI is InChI=1S/C53H94O12/c1-4-7-10-13-16-19-21-22-23-24-26-28-30-33-36-39-45(54)61-42-44(63-46(55)40-37-34-31-27-18-15-12-9-6-3)43-62-53-51(49(58)48(57)50(65-53)52(59)60)64-47(56)41-38-35-32-29-25-20-17-14-11-8-5-2/h14,17,22-23,44,48-51,53,57-58H,4-13,15-16,18-21,24-43H2,1-3H3,(H,59,60)/b17-14-,23-22-. The van der Waals surface area contributed by atoms with Crippen LogP contribution in [-0.4, -0.2) is 89.2 Å². The highest BCUT2D eigenvalue weighted by Crippen LogP contribution is 2.26. The van der Waals surface area contributed by atoms with Gasteiger partial charge in [0.2, 0.25) is 0 Å². The van der Waals surface area contributed by atoms with Gasteiger partial charge in [-0.25, -0.2) is 4.79 Å². The number of aliphatic hydroxyl groups excluding tert-OH is 2. The molecule has 0 radical (unpaired) electrons. The van der Waals surface area contributed by atoms with Crippen molar-refractivity contribution in [1.82, 2.24) is 0 Å². The smallest absolute Gasteiger partial charge is 0.335 e. The average molecular weight is 923 g/mol. The maximum Gasteiger partial charge on any atom is 0.335 e. The maximum atomic E-state index is 13.0. The van der Waals surface area contributed by atoms with Crippen LogP contribution in [0.3, 0.4) is 0 Å². The number of hydrogen-bond donors (Lipinski definition) is 3. The van der Waals surface area contributed by atoms with Crippen molar-refractivity contribution in [3.63, 3.8) is 0 Å². The lowest BCUT2D eigenvalue weighted by atomic mass is 9.98. The van der Waals surface area contributed by atoms with Gasteiger partial charge in [-0.05, 0) is 64.2 Å².